The molecule has 0 aliphatic heterocycles. The summed E-state index contributed by atoms with van der Waals surface area (Å²) >= 11 is 6.56. The van der Waals surface area contributed by atoms with Gasteiger partial charge in [0.05, 0.1) is 22.5 Å². The second kappa shape index (κ2) is 24.4. The third kappa shape index (κ3) is 15.2. The zero-order chi connectivity index (χ0) is 53.7. The molecule has 0 unspecified atom stereocenters. The first-order valence-electron chi connectivity index (χ1n) is 22.0. The summed E-state index contributed by atoms with van der Waals surface area (Å²) in [4.78, 5) is 50.0. The molecule has 8 aromatic rings. The summed E-state index contributed by atoms with van der Waals surface area (Å²) in [5, 5.41) is 19.1. The van der Waals surface area contributed by atoms with Crippen molar-refractivity contribution in [2.75, 3.05) is 21.3 Å². The van der Waals surface area contributed by atoms with Crippen molar-refractivity contribution in [1.82, 2.24) is 0 Å². The van der Waals surface area contributed by atoms with E-state index in [0.717, 1.165) is 50.4 Å². The highest BCUT2D eigenvalue weighted by atomic mass is 79.9. The highest BCUT2D eigenvalue weighted by Crippen LogP contribution is 2.40. The highest BCUT2D eigenvalue weighted by molar-refractivity contribution is 9.10. The van der Waals surface area contributed by atoms with E-state index in [1.165, 1.54) is 36.4 Å². The van der Waals surface area contributed by atoms with Crippen molar-refractivity contribution in [2.24, 2.45) is 0 Å². The molecule has 0 aromatic heterocycles. The fourth-order valence-corrected chi connectivity index (χ4v) is 7.40. The summed E-state index contributed by atoms with van der Waals surface area (Å²) < 4.78 is 99.3. The summed E-state index contributed by atoms with van der Waals surface area (Å²) in [6, 6.07) is 47.0. The lowest BCUT2D eigenvalue weighted by Crippen LogP contribution is -2.20. The molecule has 0 aliphatic carbocycles. The molecule has 0 spiro atoms. The third-order valence-corrected chi connectivity index (χ3v) is 11.5. The van der Waals surface area contributed by atoms with Gasteiger partial charge in [-0.3, -0.25) is 0 Å². The third-order valence-electron chi connectivity index (χ3n) is 10.4. The van der Waals surface area contributed by atoms with E-state index < -0.39 is 53.6 Å². The first-order valence-corrected chi connectivity index (χ1v) is 23.6. The van der Waals surface area contributed by atoms with Gasteiger partial charge in [-0.25, -0.2) is 19.2 Å². The molecule has 0 bridgehead atoms. The van der Waals surface area contributed by atoms with Crippen LogP contribution in [0.3, 0.4) is 0 Å². The Balaban J connectivity index is 0.000000233. The number of carboxylic acids is 1. The van der Waals surface area contributed by atoms with Gasteiger partial charge in [0.2, 0.25) is 0 Å². The van der Waals surface area contributed by atoms with Gasteiger partial charge in [0.15, 0.2) is 17.6 Å². The zero-order valence-electron chi connectivity index (χ0n) is 38.4. The number of hydrogen-bond donors (Lipinski definition) is 5. The predicted octanol–water partition coefficient (Wildman–Crippen LogP) is 16.5. The number of ether oxygens (including phenoxy) is 3. The number of carbonyl (C=O) groups excluding carboxylic acids is 3. The van der Waals surface area contributed by atoms with Crippen LogP contribution in [0.4, 0.5) is 58.7 Å². The molecule has 4 amide bonds. The molecule has 0 radical (unpaired) electrons. The molecule has 382 valence electrons. The van der Waals surface area contributed by atoms with Crippen LogP contribution in [0, 0.1) is 0 Å². The number of amides is 4. The van der Waals surface area contributed by atoms with E-state index in [2.05, 4.69) is 53.1 Å². The number of nitrogens with one attached hydrogen (secondary N) is 4. The topological polar surface area (TPSA) is 164 Å². The van der Waals surface area contributed by atoms with Gasteiger partial charge in [-0.2, -0.15) is 26.3 Å². The maximum absolute atomic E-state index is 13.6. The van der Waals surface area contributed by atoms with Crippen molar-refractivity contribution >= 4 is 78.6 Å². The van der Waals surface area contributed by atoms with Crippen LogP contribution in [0.2, 0.25) is 0 Å². The number of alkyl halides is 6. The molecule has 5 N–H and O–H groups in total. The number of halogens is 8. The largest absolute Gasteiger partial charge is 0.478 e. The molecular formula is C55H38Br2F6N4O8. The molecule has 12 nitrogen and oxygen atoms in total. The van der Waals surface area contributed by atoms with Crippen LogP contribution in [0.1, 0.15) is 49.1 Å². The molecule has 0 saturated heterocycles. The lowest BCUT2D eigenvalue weighted by molar-refractivity contribution is -0.138. The molecular weight excluding hydrogens is 1120 g/mol. The molecule has 0 heterocycles. The van der Waals surface area contributed by atoms with Crippen molar-refractivity contribution in [2.45, 2.75) is 18.5 Å². The van der Waals surface area contributed by atoms with Crippen LogP contribution >= 0.6 is 31.9 Å². The number of esters is 1. The fourth-order valence-electron chi connectivity index (χ4n) is 6.87. The van der Waals surface area contributed by atoms with Gasteiger partial charge in [0.1, 0.15) is 22.6 Å². The number of carbonyl (C=O) groups is 4. The Kier molecular flexibility index (Phi) is 17.6. The normalized spacial score (nSPS) is 11.1. The molecule has 8 aromatic carbocycles. The summed E-state index contributed by atoms with van der Waals surface area (Å²) in [6.07, 6.45) is -10.1. The van der Waals surface area contributed by atoms with E-state index in [1.54, 1.807) is 60.7 Å². The van der Waals surface area contributed by atoms with Gasteiger partial charge < -0.3 is 40.6 Å². The highest BCUT2D eigenvalue weighted by Gasteiger charge is 2.33. The average Bonchev–Trinajstić information content (AvgIpc) is 3.38. The Hall–Kier alpha value is -8.62. The van der Waals surface area contributed by atoms with Crippen molar-refractivity contribution in [3.63, 3.8) is 0 Å². The minimum Gasteiger partial charge on any atom is -0.478 e. The van der Waals surface area contributed by atoms with Gasteiger partial charge in [-0.05, 0) is 120 Å². The summed E-state index contributed by atoms with van der Waals surface area (Å²) in [6.45, 7) is 0. The molecule has 75 heavy (non-hydrogen) atoms. The van der Waals surface area contributed by atoms with Crippen LogP contribution in [-0.2, 0) is 17.1 Å². The minimum atomic E-state index is -4.68. The van der Waals surface area contributed by atoms with Crippen LogP contribution in [0.5, 0.6) is 23.0 Å². The molecule has 0 saturated carbocycles. The molecule has 20 heteroatoms. The van der Waals surface area contributed by atoms with Crippen molar-refractivity contribution < 1.29 is 64.8 Å². The van der Waals surface area contributed by atoms with Crippen molar-refractivity contribution in [1.29, 1.82) is 0 Å². The molecule has 0 aliphatic rings. The standard InChI is InChI=1S/C34H24BrF3N2O4.C21H14BrF3N2O4/c35-25-16-18-26(19-17-25)39-33(42)40-28-21-24(34(36,37)38)15-20-30(28)43-29-14-8-7-13-27(29)32(41)44-31(22-9-3-1-4-10-22)23-11-5-2-6-12-23;22-13-6-8-14(9-7-13)26-20(30)27-16-11-12(21(23,24)25)5-10-18(16)31-17-4-2-1-3-15(17)19(28)29/h1-21,31H,(H2,39,40,42);1-11H,(H,28,29)(H2,26,27,30). The lowest BCUT2D eigenvalue weighted by atomic mass is 10.0. The Labute approximate surface area is 440 Å². The number of carboxylic acid groups (broad SMARTS) is 1. The average molecular weight is 1160 g/mol. The number of benzene rings is 8. The van der Waals surface area contributed by atoms with Crippen LogP contribution < -0.4 is 30.7 Å². The summed E-state index contributed by atoms with van der Waals surface area (Å²) in [5.41, 5.74) is -0.384. The Bertz CT molecular complexity index is 3260. The molecule has 0 atom stereocenters. The van der Waals surface area contributed by atoms with E-state index in [0.29, 0.717) is 17.4 Å². The number of rotatable bonds is 13. The van der Waals surface area contributed by atoms with Crippen LogP contribution in [0.15, 0.2) is 203 Å². The number of hydrogen-bond acceptors (Lipinski definition) is 7. The second-order valence-electron chi connectivity index (χ2n) is 15.7. The fraction of sp³-hybridized carbons (Fsp3) is 0.0545. The van der Waals surface area contributed by atoms with E-state index in [1.807, 2.05) is 60.7 Å². The maximum Gasteiger partial charge on any atom is 0.416 e. The monoisotopic (exact) mass is 1150 g/mol. The van der Waals surface area contributed by atoms with E-state index >= 15 is 0 Å². The van der Waals surface area contributed by atoms with Crippen molar-refractivity contribution in [3.05, 3.63) is 236 Å². The molecule has 8 rings (SSSR count). The first-order chi connectivity index (χ1) is 35.8. The summed E-state index contributed by atoms with van der Waals surface area (Å²) in [7, 11) is 0. The Morgan fingerprint density at radius 1 is 0.440 bits per heavy atom. The number of para-hydroxylation sites is 2. The van der Waals surface area contributed by atoms with E-state index in [4.69, 9.17) is 14.2 Å². The number of aromatic carboxylic acids is 1. The lowest BCUT2D eigenvalue weighted by Gasteiger charge is -2.20. The van der Waals surface area contributed by atoms with Gasteiger partial charge in [-0.15, -0.1) is 0 Å². The first kappa shape index (κ1) is 54.2. The number of urea groups is 2. The van der Waals surface area contributed by atoms with E-state index in [-0.39, 0.29) is 45.5 Å². The van der Waals surface area contributed by atoms with Crippen LogP contribution in [-0.4, -0.2) is 29.1 Å². The minimum absolute atomic E-state index is 0.0218. The van der Waals surface area contributed by atoms with Gasteiger partial charge in [0, 0.05) is 20.3 Å². The SMILES string of the molecule is O=C(Nc1ccc(Br)cc1)Nc1cc(C(F)(F)F)ccc1Oc1ccccc1C(=O)O.O=C(Nc1ccc(Br)cc1)Nc1cc(C(F)(F)F)ccc1Oc1ccccc1C(=O)OC(c1ccccc1)c1ccccc1. The smallest absolute Gasteiger partial charge is 0.416 e. The van der Waals surface area contributed by atoms with Gasteiger partial charge >= 0.3 is 36.4 Å². The van der Waals surface area contributed by atoms with Crippen molar-refractivity contribution in [3.8, 4) is 23.0 Å². The molecule has 0 fully saturated rings. The van der Waals surface area contributed by atoms with Gasteiger partial charge in [0.25, 0.3) is 0 Å². The van der Waals surface area contributed by atoms with Crippen LogP contribution in [0.25, 0.3) is 0 Å². The quantitative estimate of drug-likeness (QED) is 0.0562. The Morgan fingerprint density at radius 2 is 0.813 bits per heavy atom. The zero-order valence-corrected chi connectivity index (χ0v) is 41.6. The number of anilines is 4. The van der Waals surface area contributed by atoms with Gasteiger partial charge in [-0.1, -0.05) is 117 Å². The predicted molar refractivity (Wildman–Crippen MR) is 277 cm³/mol. The Morgan fingerprint density at radius 3 is 1.21 bits per heavy atom. The van der Waals surface area contributed by atoms with E-state index in [9.17, 15) is 50.6 Å². The second-order valence-corrected chi connectivity index (χ2v) is 17.5. The summed E-state index contributed by atoms with van der Waals surface area (Å²) in [5.74, 6) is -2.34. The maximum atomic E-state index is 13.6.